The van der Waals surface area contributed by atoms with E-state index in [1.807, 2.05) is 0 Å². The molecule has 0 saturated heterocycles. The minimum Gasteiger partial charge on any atom is -0.492 e. The molecule has 9 nitrogen and oxygen atoms in total. The molecule has 0 aliphatic carbocycles. The van der Waals surface area contributed by atoms with Crippen molar-refractivity contribution in [1.82, 2.24) is 9.62 Å². The van der Waals surface area contributed by atoms with E-state index in [0.717, 1.165) is 4.31 Å². The lowest BCUT2D eigenvalue weighted by molar-refractivity contribution is -0.384. The topological polar surface area (TPSA) is 119 Å². The normalized spacial score (nSPS) is 11.6. The van der Waals surface area contributed by atoms with Crippen molar-refractivity contribution in [3.8, 4) is 5.75 Å². The SMILES string of the molecule is CN(C)S(=O)(=O)c1ccc(OCCNC(=O)/C=C/c2ccc([N+](=O)[O-])cc2)cc1. The first-order valence-corrected chi connectivity index (χ1v) is 10.00. The molecule has 0 aromatic heterocycles. The third-order valence-electron chi connectivity index (χ3n) is 3.80. The van der Waals surface area contributed by atoms with Crippen molar-refractivity contribution >= 4 is 27.7 Å². The predicted octanol–water partition coefficient (Wildman–Crippen LogP) is 2.05. The lowest BCUT2D eigenvalue weighted by Gasteiger charge is -2.12. The minimum absolute atomic E-state index is 0.0175. The third-order valence-corrected chi connectivity index (χ3v) is 5.63. The molecular formula is C19H21N3O6S. The highest BCUT2D eigenvalue weighted by atomic mass is 32.2. The second-order valence-corrected chi connectivity index (χ2v) is 8.23. The Labute approximate surface area is 168 Å². The van der Waals surface area contributed by atoms with Gasteiger partial charge in [0.15, 0.2) is 0 Å². The maximum atomic E-state index is 12.0. The van der Waals surface area contributed by atoms with Gasteiger partial charge in [0, 0.05) is 32.3 Å². The number of nitrogens with one attached hydrogen (secondary N) is 1. The summed E-state index contributed by atoms with van der Waals surface area (Å²) in [6.45, 7) is 0.456. The number of carbonyl (C=O) groups excluding carboxylic acids is 1. The van der Waals surface area contributed by atoms with Crippen LogP contribution in [-0.2, 0) is 14.8 Å². The molecule has 0 unspecified atom stereocenters. The fourth-order valence-electron chi connectivity index (χ4n) is 2.20. The molecule has 0 bridgehead atoms. The van der Waals surface area contributed by atoms with Gasteiger partial charge in [-0.25, -0.2) is 12.7 Å². The van der Waals surface area contributed by atoms with Crippen molar-refractivity contribution in [2.45, 2.75) is 4.90 Å². The number of hydrogen-bond donors (Lipinski definition) is 1. The Kier molecular flexibility index (Phi) is 7.46. The molecule has 2 aromatic carbocycles. The number of nitro benzene ring substituents is 1. The number of amides is 1. The first-order chi connectivity index (χ1) is 13.7. The molecule has 0 fully saturated rings. The van der Waals surface area contributed by atoms with Gasteiger partial charge in [-0.1, -0.05) is 0 Å². The summed E-state index contributed by atoms with van der Waals surface area (Å²) in [6, 6.07) is 11.8. The summed E-state index contributed by atoms with van der Waals surface area (Å²) in [5.74, 6) is 0.151. The van der Waals surface area contributed by atoms with E-state index in [1.54, 1.807) is 30.3 Å². The van der Waals surface area contributed by atoms with Crippen molar-refractivity contribution in [2.24, 2.45) is 0 Å². The van der Waals surface area contributed by atoms with Gasteiger partial charge in [0.25, 0.3) is 5.69 Å². The molecule has 0 aliphatic heterocycles. The number of nitrogens with zero attached hydrogens (tertiary/aromatic N) is 2. The summed E-state index contributed by atoms with van der Waals surface area (Å²) < 4.78 is 30.6. The Bertz CT molecular complexity index is 984. The van der Waals surface area contributed by atoms with Gasteiger partial charge in [-0.3, -0.25) is 14.9 Å². The van der Waals surface area contributed by atoms with Gasteiger partial charge in [-0.15, -0.1) is 0 Å². The molecule has 1 N–H and O–H groups in total. The molecule has 2 aromatic rings. The summed E-state index contributed by atoms with van der Waals surface area (Å²) in [5.41, 5.74) is 0.644. The van der Waals surface area contributed by atoms with Crippen LogP contribution in [-0.4, -0.2) is 50.8 Å². The highest BCUT2D eigenvalue weighted by Crippen LogP contribution is 2.18. The molecular weight excluding hydrogens is 398 g/mol. The molecule has 0 saturated carbocycles. The van der Waals surface area contributed by atoms with Crippen molar-refractivity contribution in [1.29, 1.82) is 0 Å². The van der Waals surface area contributed by atoms with E-state index in [-0.39, 0.29) is 29.6 Å². The van der Waals surface area contributed by atoms with Crippen LogP contribution in [0.1, 0.15) is 5.56 Å². The fourth-order valence-corrected chi connectivity index (χ4v) is 3.10. The fraction of sp³-hybridized carbons (Fsp3) is 0.211. The molecule has 29 heavy (non-hydrogen) atoms. The second kappa shape index (κ2) is 9.80. The van der Waals surface area contributed by atoms with E-state index >= 15 is 0 Å². The number of non-ortho nitro benzene ring substituents is 1. The molecule has 10 heteroatoms. The number of nitro groups is 1. The first-order valence-electron chi connectivity index (χ1n) is 8.56. The maximum absolute atomic E-state index is 12.0. The van der Waals surface area contributed by atoms with Gasteiger partial charge in [0.1, 0.15) is 12.4 Å². The predicted molar refractivity (Wildman–Crippen MR) is 108 cm³/mol. The molecule has 0 aliphatic rings. The standard InChI is InChI=1S/C19H21N3O6S/c1-21(2)29(26,27)18-10-8-17(9-11-18)28-14-13-20-19(23)12-5-15-3-6-16(7-4-15)22(24)25/h3-12H,13-14H2,1-2H3,(H,20,23)/b12-5+. The van der Waals surface area contributed by atoms with Gasteiger partial charge in [-0.05, 0) is 48.0 Å². The monoisotopic (exact) mass is 419 g/mol. The van der Waals surface area contributed by atoms with Crippen LogP contribution in [0.3, 0.4) is 0 Å². The van der Waals surface area contributed by atoms with E-state index < -0.39 is 14.9 Å². The van der Waals surface area contributed by atoms with Crippen molar-refractivity contribution in [3.05, 3.63) is 70.3 Å². The molecule has 0 spiro atoms. The number of ether oxygens (including phenoxy) is 1. The molecule has 0 atom stereocenters. The molecule has 2 rings (SSSR count). The van der Waals surface area contributed by atoms with Gasteiger partial charge in [-0.2, -0.15) is 0 Å². The summed E-state index contributed by atoms with van der Waals surface area (Å²) in [7, 11) is -0.572. The Hall–Kier alpha value is -3.24. The van der Waals surface area contributed by atoms with Crippen molar-refractivity contribution in [3.63, 3.8) is 0 Å². The smallest absolute Gasteiger partial charge is 0.269 e. The first kappa shape index (κ1) is 22.1. The van der Waals surface area contributed by atoms with E-state index in [9.17, 15) is 23.3 Å². The van der Waals surface area contributed by atoms with E-state index in [2.05, 4.69) is 5.32 Å². The van der Waals surface area contributed by atoms with Crippen LogP contribution in [0.5, 0.6) is 5.75 Å². The Morgan fingerprint density at radius 3 is 2.31 bits per heavy atom. The number of hydrogen-bond acceptors (Lipinski definition) is 6. The lowest BCUT2D eigenvalue weighted by atomic mass is 10.2. The van der Waals surface area contributed by atoms with Crippen LogP contribution < -0.4 is 10.1 Å². The van der Waals surface area contributed by atoms with Crippen molar-refractivity contribution in [2.75, 3.05) is 27.2 Å². The van der Waals surface area contributed by atoms with Crippen molar-refractivity contribution < 1.29 is 22.9 Å². The number of sulfonamides is 1. The van der Waals surface area contributed by atoms with Crippen LogP contribution in [0, 0.1) is 10.1 Å². The van der Waals surface area contributed by atoms with Crippen LogP contribution in [0.15, 0.2) is 59.5 Å². The third kappa shape index (κ3) is 6.40. The van der Waals surface area contributed by atoms with Crippen LogP contribution >= 0.6 is 0 Å². The average molecular weight is 419 g/mol. The van der Waals surface area contributed by atoms with Gasteiger partial charge >= 0.3 is 0 Å². The number of benzene rings is 2. The number of carbonyl (C=O) groups is 1. The quantitative estimate of drug-likeness (QED) is 0.288. The summed E-state index contributed by atoms with van der Waals surface area (Å²) >= 11 is 0. The molecule has 1 amide bonds. The van der Waals surface area contributed by atoms with E-state index in [0.29, 0.717) is 11.3 Å². The van der Waals surface area contributed by atoms with E-state index in [4.69, 9.17) is 4.74 Å². The largest absolute Gasteiger partial charge is 0.492 e. The van der Waals surface area contributed by atoms with Crippen LogP contribution in [0.4, 0.5) is 5.69 Å². The molecule has 154 valence electrons. The number of rotatable bonds is 9. The van der Waals surface area contributed by atoms with E-state index in [1.165, 1.54) is 44.4 Å². The summed E-state index contributed by atoms with van der Waals surface area (Å²) in [4.78, 5) is 22.1. The minimum atomic E-state index is -3.49. The zero-order valence-electron chi connectivity index (χ0n) is 15.9. The highest BCUT2D eigenvalue weighted by Gasteiger charge is 2.16. The Morgan fingerprint density at radius 2 is 1.76 bits per heavy atom. The average Bonchev–Trinajstić information content (AvgIpc) is 2.70. The molecule has 0 heterocycles. The second-order valence-electron chi connectivity index (χ2n) is 6.08. The lowest BCUT2D eigenvalue weighted by Crippen LogP contribution is -2.26. The zero-order valence-corrected chi connectivity index (χ0v) is 16.8. The van der Waals surface area contributed by atoms with Crippen LogP contribution in [0.2, 0.25) is 0 Å². The summed E-state index contributed by atoms with van der Waals surface area (Å²) in [5, 5.41) is 13.2. The Balaban J connectivity index is 1.77. The van der Waals surface area contributed by atoms with Crippen LogP contribution in [0.25, 0.3) is 6.08 Å². The van der Waals surface area contributed by atoms with Gasteiger partial charge in [0.05, 0.1) is 16.4 Å². The highest BCUT2D eigenvalue weighted by molar-refractivity contribution is 7.89. The van der Waals surface area contributed by atoms with Gasteiger partial charge < -0.3 is 10.1 Å². The molecule has 0 radical (unpaired) electrons. The summed E-state index contributed by atoms with van der Waals surface area (Å²) in [6.07, 6.45) is 2.87. The maximum Gasteiger partial charge on any atom is 0.269 e. The zero-order chi connectivity index (χ0) is 21.4. The Morgan fingerprint density at radius 1 is 1.14 bits per heavy atom. The van der Waals surface area contributed by atoms with Gasteiger partial charge in [0.2, 0.25) is 15.9 Å².